The SMILES string of the molecule is CC1(C)C2CCC1(CS(=O)(=O)N[C@@H](CNC(=O)c1ccc(CCc3ccc4c(n3)NCCC4)cc1)C(=O)O)C(=O)C2. The van der Waals surface area contributed by atoms with Gasteiger partial charge in [0.05, 0.1) is 5.75 Å². The molecule has 5 rings (SSSR count). The lowest BCUT2D eigenvalue weighted by Gasteiger charge is -2.36. The van der Waals surface area contributed by atoms with Crippen LogP contribution < -0.4 is 15.4 Å². The van der Waals surface area contributed by atoms with Crippen molar-refractivity contribution < 1.29 is 27.9 Å². The Labute approximate surface area is 240 Å². The monoisotopic (exact) mass is 582 g/mol. The Kier molecular flexibility index (Phi) is 7.95. The van der Waals surface area contributed by atoms with Crippen LogP contribution in [0.1, 0.15) is 66.7 Å². The van der Waals surface area contributed by atoms with E-state index in [1.165, 1.54) is 5.56 Å². The summed E-state index contributed by atoms with van der Waals surface area (Å²) in [6, 6.07) is 9.63. The number of carboxylic acids is 1. The smallest absolute Gasteiger partial charge is 0.323 e. The molecule has 1 aromatic heterocycles. The van der Waals surface area contributed by atoms with Crippen molar-refractivity contribution in [1.29, 1.82) is 0 Å². The topological polar surface area (TPSA) is 155 Å². The number of aliphatic carboxylic acids is 1. The van der Waals surface area contributed by atoms with Gasteiger partial charge in [0.25, 0.3) is 5.91 Å². The number of pyridine rings is 1. The molecule has 0 radical (unpaired) electrons. The van der Waals surface area contributed by atoms with Gasteiger partial charge in [-0.3, -0.25) is 14.4 Å². The van der Waals surface area contributed by atoms with Gasteiger partial charge in [0.1, 0.15) is 17.6 Å². The number of hydrogen-bond acceptors (Lipinski definition) is 7. The number of carboxylic acid groups (broad SMARTS) is 1. The molecule has 0 saturated heterocycles. The first-order valence-corrected chi connectivity index (χ1v) is 15.9. The first-order chi connectivity index (χ1) is 19.4. The highest BCUT2D eigenvalue weighted by molar-refractivity contribution is 7.89. The van der Waals surface area contributed by atoms with Crippen molar-refractivity contribution in [2.24, 2.45) is 16.7 Å². The normalized spacial score (nSPS) is 23.5. The third kappa shape index (κ3) is 5.88. The van der Waals surface area contributed by atoms with E-state index in [0.29, 0.717) is 18.4 Å². The first kappa shape index (κ1) is 29.2. The van der Waals surface area contributed by atoms with Crippen molar-refractivity contribution in [3.05, 3.63) is 58.8 Å². The molecule has 2 aliphatic carbocycles. The second-order valence-corrected chi connectivity index (χ2v) is 13.9. The summed E-state index contributed by atoms with van der Waals surface area (Å²) in [5.41, 5.74) is 2.13. The number of sulfonamides is 1. The fraction of sp³-hybridized carbons (Fsp3) is 0.533. The number of carbonyl (C=O) groups excluding carboxylic acids is 2. The van der Waals surface area contributed by atoms with Crippen LogP contribution in [-0.4, -0.2) is 61.1 Å². The van der Waals surface area contributed by atoms with Crippen LogP contribution in [0.2, 0.25) is 0 Å². The summed E-state index contributed by atoms with van der Waals surface area (Å²) in [5, 5.41) is 15.5. The van der Waals surface area contributed by atoms with E-state index in [1.54, 1.807) is 12.1 Å². The van der Waals surface area contributed by atoms with Gasteiger partial charge in [0.2, 0.25) is 10.0 Å². The van der Waals surface area contributed by atoms with E-state index in [-0.39, 0.29) is 11.7 Å². The molecule has 2 aromatic rings. The van der Waals surface area contributed by atoms with Crippen LogP contribution in [0.3, 0.4) is 0 Å². The van der Waals surface area contributed by atoms with E-state index in [9.17, 15) is 27.9 Å². The lowest BCUT2D eigenvalue weighted by atomic mass is 9.70. The molecule has 2 heterocycles. The average Bonchev–Trinajstić information content (AvgIpc) is 3.28. The summed E-state index contributed by atoms with van der Waals surface area (Å²) in [4.78, 5) is 42.1. The molecule has 10 nitrogen and oxygen atoms in total. The summed E-state index contributed by atoms with van der Waals surface area (Å²) < 4.78 is 28.3. The van der Waals surface area contributed by atoms with E-state index in [1.807, 2.05) is 26.0 Å². The molecule has 1 amide bonds. The third-order valence-electron chi connectivity index (χ3n) is 9.50. The minimum Gasteiger partial charge on any atom is -0.480 e. The van der Waals surface area contributed by atoms with Gasteiger partial charge >= 0.3 is 5.97 Å². The zero-order valence-electron chi connectivity index (χ0n) is 23.5. The molecule has 4 N–H and O–H groups in total. The Bertz CT molecular complexity index is 1460. The molecule has 11 heteroatoms. The lowest BCUT2D eigenvalue weighted by molar-refractivity contribution is -0.138. The maximum atomic E-state index is 13.1. The molecule has 1 aliphatic heterocycles. The minimum absolute atomic E-state index is 0.0660. The summed E-state index contributed by atoms with van der Waals surface area (Å²) in [5.74, 6) is -1.32. The Morgan fingerprint density at radius 3 is 2.56 bits per heavy atom. The molecule has 0 spiro atoms. The Morgan fingerprint density at radius 2 is 1.90 bits per heavy atom. The molecule has 2 saturated carbocycles. The molecule has 3 atom stereocenters. The highest BCUT2D eigenvalue weighted by Gasteiger charge is 2.65. The number of anilines is 1. The number of carbonyl (C=O) groups is 3. The van der Waals surface area contributed by atoms with Crippen LogP contribution in [0.15, 0.2) is 36.4 Å². The van der Waals surface area contributed by atoms with Gasteiger partial charge in [-0.1, -0.05) is 32.0 Å². The number of hydrogen-bond donors (Lipinski definition) is 4. The van der Waals surface area contributed by atoms with Crippen molar-refractivity contribution >= 4 is 33.5 Å². The maximum Gasteiger partial charge on any atom is 0.323 e. The van der Waals surface area contributed by atoms with E-state index >= 15 is 0 Å². The van der Waals surface area contributed by atoms with Crippen LogP contribution >= 0.6 is 0 Å². The lowest BCUT2D eigenvalue weighted by Crippen LogP contribution is -2.52. The fourth-order valence-corrected chi connectivity index (χ4v) is 8.80. The van der Waals surface area contributed by atoms with Gasteiger partial charge in [0.15, 0.2) is 0 Å². The van der Waals surface area contributed by atoms with Crippen LogP contribution in [0, 0.1) is 16.7 Å². The largest absolute Gasteiger partial charge is 0.480 e. The quantitative estimate of drug-likeness (QED) is 0.315. The Hall–Kier alpha value is -3.31. The molecule has 2 unspecified atom stereocenters. The molecule has 2 fully saturated rings. The minimum atomic E-state index is -4.12. The molecular formula is C30H38N4O6S. The summed E-state index contributed by atoms with van der Waals surface area (Å²) in [6.07, 6.45) is 5.29. The predicted octanol–water partition coefficient (Wildman–Crippen LogP) is 2.72. The van der Waals surface area contributed by atoms with Gasteiger partial charge in [-0.15, -0.1) is 0 Å². The van der Waals surface area contributed by atoms with Crippen molar-refractivity contribution in [2.45, 2.75) is 64.8 Å². The number of aryl methyl sites for hydroxylation is 3. The van der Waals surface area contributed by atoms with Gasteiger partial charge in [-0.2, -0.15) is 4.72 Å². The fourth-order valence-electron chi connectivity index (χ4n) is 6.77. The molecule has 2 bridgehead atoms. The molecular weight excluding hydrogens is 544 g/mol. The van der Waals surface area contributed by atoms with Gasteiger partial charge in [-0.25, -0.2) is 13.4 Å². The van der Waals surface area contributed by atoms with E-state index < -0.39 is 51.1 Å². The third-order valence-corrected chi connectivity index (χ3v) is 11.0. The van der Waals surface area contributed by atoms with Gasteiger partial charge in [-0.05, 0) is 79.2 Å². The zero-order chi connectivity index (χ0) is 29.4. The van der Waals surface area contributed by atoms with Gasteiger partial charge < -0.3 is 15.7 Å². The van der Waals surface area contributed by atoms with Crippen molar-refractivity contribution in [1.82, 2.24) is 15.0 Å². The number of nitrogens with one attached hydrogen (secondary N) is 3. The molecule has 1 aromatic carbocycles. The number of benzene rings is 1. The number of rotatable bonds is 11. The van der Waals surface area contributed by atoms with Crippen LogP contribution in [0.4, 0.5) is 5.82 Å². The Morgan fingerprint density at radius 1 is 1.15 bits per heavy atom. The Balaban J connectivity index is 1.15. The van der Waals surface area contributed by atoms with Crippen molar-refractivity contribution in [3.8, 4) is 0 Å². The van der Waals surface area contributed by atoms with E-state index in [0.717, 1.165) is 55.7 Å². The highest BCUT2D eigenvalue weighted by atomic mass is 32.2. The number of Topliss-reactive ketones (excluding diaryl/α,β-unsaturated/α-hetero) is 1. The zero-order valence-corrected chi connectivity index (χ0v) is 24.4. The maximum absolute atomic E-state index is 13.1. The number of amides is 1. The predicted molar refractivity (Wildman–Crippen MR) is 154 cm³/mol. The number of aromatic nitrogens is 1. The summed E-state index contributed by atoms with van der Waals surface area (Å²) in [7, 11) is -4.12. The van der Waals surface area contributed by atoms with Crippen molar-refractivity contribution in [3.63, 3.8) is 0 Å². The van der Waals surface area contributed by atoms with E-state index in [4.69, 9.17) is 4.98 Å². The number of fused-ring (bicyclic) bond motifs is 3. The number of ketones is 1. The standard InChI is InChI=1S/C30H38N4O6S/c1-29(2)22-13-14-30(29,25(35)16-22)18-41(39,40)34-24(28(37)38)17-32-27(36)21-8-5-19(6-9-21)7-11-23-12-10-20-4-3-15-31-26(20)33-23/h5-6,8-10,12,22,24,34H,3-4,7,11,13-18H2,1-2H3,(H,31,33)(H,32,36)(H,37,38)/t22?,24-,30?/m0/s1. The average molecular weight is 583 g/mol. The van der Waals surface area contributed by atoms with E-state index in [2.05, 4.69) is 27.5 Å². The first-order valence-electron chi connectivity index (χ1n) is 14.3. The van der Waals surface area contributed by atoms with Crippen LogP contribution in [0.25, 0.3) is 0 Å². The molecule has 220 valence electrons. The van der Waals surface area contributed by atoms with Crippen LogP contribution in [-0.2, 0) is 38.9 Å². The van der Waals surface area contributed by atoms with Crippen LogP contribution in [0.5, 0.6) is 0 Å². The molecule has 41 heavy (non-hydrogen) atoms. The summed E-state index contributed by atoms with van der Waals surface area (Å²) in [6.45, 7) is 4.36. The second-order valence-electron chi connectivity index (χ2n) is 12.2. The van der Waals surface area contributed by atoms with Gasteiger partial charge in [0, 0.05) is 36.2 Å². The van der Waals surface area contributed by atoms with Crippen molar-refractivity contribution in [2.75, 3.05) is 24.2 Å². The number of nitrogens with zero attached hydrogens (tertiary/aromatic N) is 1. The molecule has 3 aliphatic rings. The second kappa shape index (κ2) is 11.2. The highest BCUT2D eigenvalue weighted by Crippen LogP contribution is 2.64. The summed E-state index contributed by atoms with van der Waals surface area (Å²) >= 11 is 0.